The molecule has 0 saturated heterocycles. The molecule has 1 rings (SSSR count). The van der Waals surface area contributed by atoms with Crippen molar-refractivity contribution in [3.8, 4) is 0 Å². The van der Waals surface area contributed by atoms with Gasteiger partial charge in [0.2, 0.25) is 0 Å². The number of rotatable bonds is 4. The molecule has 1 N–H and O–H groups in total. The molecule has 15 heavy (non-hydrogen) atoms. The molecule has 0 radical (unpaired) electrons. The van der Waals surface area contributed by atoms with Crippen LogP contribution in [-0.4, -0.2) is 11.1 Å². The lowest BCUT2D eigenvalue weighted by atomic mass is 9.86. The third-order valence-corrected chi connectivity index (χ3v) is 2.89. The summed E-state index contributed by atoms with van der Waals surface area (Å²) in [5.74, 6) is 0.166. The highest BCUT2D eigenvalue weighted by Gasteiger charge is 2.14. The molecule has 0 saturated carbocycles. The van der Waals surface area contributed by atoms with Crippen molar-refractivity contribution in [2.24, 2.45) is 5.92 Å². The van der Waals surface area contributed by atoms with Crippen LogP contribution < -0.4 is 0 Å². The average molecular weight is 206 g/mol. The van der Waals surface area contributed by atoms with Crippen molar-refractivity contribution in [1.29, 1.82) is 0 Å². The lowest BCUT2D eigenvalue weighted by Gasteiger charge is -2.19. The van der Waals surface area contributed by atoms with Crippen LogP contribution >= 0.6 is 0 Å². The molecule has 82 valence electrons. The van der Waals surface area contributed by atoms with Gasteiger partial charge in [0.05, 0.1) is 6.42 Å². The zero-order valence-electron chi connectivity index (χ0n) is 9.53. The number of carboxylic acids is 1. The van der Waals surface area contributed by atoms with E-state index in [4.69, 9.17) is 5.11 Å². The van der Waals surface area contributed by atoms with Gasteiger partial charge < -0.3 is 5.11 Å². The van der Waals surface area contributed by atoms with Crippen LogP contribution in [0, 0.1) is 5.92 Å². The summed E-state index contributed by atoms with van der Waals surface area (Å²) in [4.78, 5) is 10.7. The monoisotopic (exact) mass is 206 g/mol. The van der Waals surface area contributed by atoms with Gasteiger partial charge in [0.1, 0.15) is 0 Å². The molecule has 0 amide bonds. The molecule has 1 unspecified atom stereocenters. The zero-order chi connectivity index (χ0) is 11.4. The predicted octanol–water partition coefficient (Wildman–Crippen LogP) is 3.07. The van der Waals surface area contributed by atoms with E-state index >= 15 is 0 Å². The quantitative estimate of drug-likeness (QED) is 0.822. The summed E-state index contributed by atoms with van der Waals surface area (Å²) in [6.45, 7) is 6.45. The molecule has 1 atom stereocenters. The molecule has 2 heteroatoms. The van der Waals surface area contributed by atoms with Crippen LogP contribution in [0.2, 0.25) is 0 Å². The third-order valence-electron chi connectivity index (χ3n) is 2.89. The minimum atomic E-state index is -0.765. The Bertz CT molecular complexity index is 342. The van der Waals surface area contributed by atoms with Crippen LogP contribution in [0.15, 0.2) is 24.3 Å². The predicted molar refractivity (Wildman–Crippen MR) is 61.0 cm³/mol. The third kappa shape index (κ3) is 3.08. The van der Waals surface area contributed by atoms with E-state index in [1.807, 2.05) is 24.3 Å². The van der Waals surface area contributed by atoms with E-state index in [1.165, 1.54) is 0 Å². The highest BCUT2D eigenvalue weighted by molar-refractivity contribution is 5.70. The van der Waals surface area contributed by atoms with Crippen molar-refractivity contribution in [2.75, 3.05) is 0 Å². The second-order valence-corrected chi connectivity index (χ2v) is 4.30. The van der Waals surface area contributed by atoms with E-state index in [0.29, 0.717) is 11.8 Å². The lowest BCUT2D eigenvalue weighted by Crippen LogP contribution is -2.09. The zero-order valence-corrected chi connectivity index (χ0v) is 9.53. The summed E-state index contributed by atoms with van der Waals surface area (Å²) in [5, 5.41) is 8.81. The number of aliphatic carboxylic acids is 1. The molecule has 1 aromatic carbocycles. The van der Waals surface area contributed by atoms with Gasteiger partial charge in [-0.15, -0.1) is 0 Å². The molecule has 0 heterocycles. The number of hydrogen-bond acceptors (Lipinski definition) is 1. The SMILES string of the molecule is CC(C)C(C)c1ccccc1CC(=O)O. The smallest absolute Gasteiger partial charge is 0.307 e. The van der Waals surface area contributed by atoms with Crippen molar-refractivity contribution < 1.29 is 9.90 Å². The lowest BCUT2D eigenvalue weighted by molar-refractivity contribution is -0.136. The first-order chi connectivity index (χ1) is 7.02. The highest BCUT2D eigenvalue weighted by Crippen LogP contribution is 2.26. The molecule has 0 aliphatic heterocycles. The topological polar surface area (TPSA) is 37.3 Å². The maximum absolute atomic E-state index is 10.7. The average Bonchev–Trinajstić information content (AvgIpc) is 2.16. The Morgan fingerprint density at radius 2 is 1.87 bits per heavy atom. The number of hydrogen-bond donors (Lipinski definition) is 1. The Hall–Kier alpha value is -1.31. The minimum Gasteiger partial charge on any atom is -0.481 e. The van der Waals surface area contributed by atoms with E-state index in [2.05, 4.69) is 20.8 Å². The van der Waals surface area contributed by atoms with Crippen LogP contribution in [0.3, 0.4) is 0 Å². The standard InChI is InChI=1S/C13H18O2/c1-9(2)10(3)12-7-5-4-6-11(12)8-13(14)15/h4-7,9-10H,8H2,1-3H3,(H,14,15). The molecule has 0 aliphatic carbocycles. The van der Waals surface area contributed by atoms with Gasteiger partial charge in [0.25, 0.3) is 0 Å². The van der Waals surface area contributed by atoms with Gasteiger partial charge in [-0.1, -0.05) is 45.0 Å². The molecule has 0 fully saturated rings. The Morgan fingerprint density at radius 1 is 1.27 bits per heavy atom. The fourth-order valence-electron chi connectivity index (χ4n) is 1.66. The number of carbonyl (C=O) groups is 1. The molecule has 0 aliphatic rings. The Morgan fingerprint density at radius 3 is 2.40 bits per heavy atom. The van der Waals surface area contributed by atoms with E-state index in [9.17, 15) is 4.79 Å². The summed E-state index contributed by atoms with van der Waals surface area (Å²) in [7, 11) is 0. The largest absolute Gasteiger partial charge is 0.481 e. The number of benzene rings is 1. The van der Waals surface area contributed by atoms with Crippen molar-refractivity contribution in [1.82, 2.24) is 0 Å². The van der Waals surface area contributed by atoms with E-state index in [-0.39, 0.29) is 6.42 Å². The van der Waals surface area contributed by atoms with Crippen LogP contribution in [0.25, 0.3) is 0 Å². The van der Waals surface area contributed by atoms with Crippen molar-refractivity contribution in [3.05, 3.63) is 35.4 Å². The number of carboxylic acid groups (broad SMARTS) is 1. The first kappa shape index (κ1) is 11.8. The van der Waals surface area contributed by atoms with Gasteiger partial charge in [-0.25, -0.2) is 0 Å². The molecule has 0 aromatic heterocycles. The van der Waals surface area contributed by atoms with Gasteiger partial charge in [-0.2, -0.15) is 0 Å². The van der Waals surface area contributed by atoms with Gasteiger partial charge in [0.15, 0.2) is 0 Å². The molecule has 0 bridgehead atoms. The Balaban J connectivity index is 3.00. The Labute approximate surface area is 90.9 Å². The molecular formula is C13H18O2. The van der Waals surface area contributed by atoms with Gasteiger partial charge in [-0.05, 0) is 23.0 Å². The molecular weight excluding hydrogens is 188 g/mol. The van der Waals surface area contributed by atoms with Crippen molar-refractivity contribution in [2.45, 2.75) is 33.1 Å². The normalized spacial score (nSPS) is 12.8. The maximum atomic E-state index is 10.7. The van der Waals surface area contributed by atoms with E-state index in [0.717, 1.165) is 11.1 Å². The van der Waals surface area contributed by atoms with Gasteiger partial charge >= 0.3 is 5.97 Å². The summed E-state index contributed by atoms with van der Waals surface area (Å²) in [6.07, 6.45) is 0.118. The first-order valence-electron chi connectivity index (χ1n) is 5.32. The summed E-state index contributed by atoms with van der Waals surface area (Å²) < 4.78 is 0. The van der Waals surface area contributed by atoms with Crippen LogP contribution in [0.4, 0.5) is 0 Å². The Kier molecular flexibility index (Phi) is 3.89. The van der Waals surface area contributed by atoms with Crippen LogP contribution in [0.1, 0.15) is 37.8 Å². The van der Waals surface area contributed by atoms with E-state index < -0.39 is 5.97 Å². The molecule has 2 nitrogen and oxygen atoms in total. The fraction of sp³-hybridized carbons (Fsp3) is 0.462. The van der Waals surface area contributed by atoms with Crippen LogP contribution in [0.5, 0.6) is 0 Å². The van der Waals surface area contributed by atoms with Crippen molar-refractivity contribution in [3.63, 3.8) is 0 Å². The van der Waals surface area contributed by atoms with E-state index in [1.54, 1.807) is 0 Å². The van der Waals surface area contributed by atoms with Crippen LogP contribution in [-0.2, 0) is 11.2 Å². The van der Waals surface area contributed by atoms with Crippen molar-refractivity contribution >= 4 is 5.97 Å². The van der Waals surface area contributed by atoms with Gasteiger partial charge in [-0.3, -0.25) is 4.79 Å². The summed E-state index contributed by atoms with van der Waals surface area (Å²) in [5.41, 5.74) is 2.10. The highest BCUT2D eigenvalue weighted by atomic mass is 16.4. The fourth-order valence-corrected chi connectivity index (χ4v) is 1.66. The van der Waals surface area contributed by atoms with Gasteiger partial charge in [0, 0.05) is 0 Å². The summed E-state index contributed by atoms with van der Waals surface area (Å²) >= 11 is 0. The second-order valence-electron chi connectivity index (χ2n) is 4.30. The maximum Gasteiger partial charge on any atom is 0.307 e. The first-order valence-corrected chi connectivity index (χ1v) is 5.32. The molecule has 1 aromatic rings. The second kappa shape index (κ2) is 4.96. The molecule has 0 spiro atoms. The minimum absolute atomic E-state index is 0.118. The summed E-state index contributed by atoms with van der Waals surface area (Å²) in [6, 6.07) is 7.81.